The van der Waals surface area contributed by atoms with E-state index in [1.807, 2.05) is 0 Å². The lowest BCUT2D eigenvalue weighted by Crippen LogP contribution is -2.47. The molecule has 1 saturated heterocycles. The van der Waals surface area contributed by atoms with Gasteiger partial charge in [0.1, 0.15) is 12.7 Å². The lowest BCUT2D eigenvalue weighted by Gasteiger charge is -2.28. The predicted octanol–water partition coefficient (Wildman–Crippen LogP) is 4.24. The molecule has 0 bridgehead atoms. The smallest absolute Gasteiger partial charge is 0.338 e. The molecule has 0 amide bonds. The number of rotatable bonds is 10. The molecular formula is C34H28O10. The summed E-state index contributed by atoms with van der Waals surface area (Å²) in [6, 6.07) is 32.2. The van der Waals surface area contributed by atoms with E-state index in [1.165, 1.54) is 36.4 Å². The van der Waals surface area contributed by atoms with Gasteiger partial charge in [-0.1, -0.05) is 72.8 Å². The molecule has 44 heavy (non-hydrogen) atoms. The molecule has 1 aliphatic heterocycles. The van der Waals surface area contributed by atoms with Crippen molar-refractivity contribution in [2.45, 2.75) is 30.7 Å². The largest absolute Gasteiger partial charge is 0.458 e. The zero-order chi connectivity index (χ0) is 30.9. The molecule has 10 heteroatoms. The molecule has 1 aliphatic rings. The van der Waals surface area contributed by atoms with Crippen molar-refractivity contribution in [2.75, 3.05) is 6.61 Å². The van der Waals surface area contributed by atoms with Gasteiger partial charge in [0.2, 0.25) is 0 Å². The van der Waals surface area contributed by atoms with Crippen molar-refractivity contribution in [1.82, 2.24) is 0 Å². The average Bonchev–Trinajstić information content (AvgIpc) is 3.37. The third-order valence-electron chi connectivity index (χ3n) is 6.75. The Bertz CT molecular complexity index is 1560. The maximum absolute atomic E-state index is 13.2. The SMILES string of the molecule is O=C(OC[C@@H](OC(=O)c1ccccc1)[C@@H]1O[C@@H](O)[C@H](OC(=O)c2ccccc2)[C@H]1OC(=O)c1ccccc1)c1ccccc1. The molecule has 1 fully saturated rings. The molecule has 5 atom stereocenters. The maximum atomic E-state index is 13.2. The average molecular weight is 597 g/mol. The number of aliphatic hydroxyl groups is 1. The lowest BCUT2D eigenvalue weighted by atomic mass is 10.0. The van der Waals surface area contributed by atoms with Gasteiger partial charge < -0.3 is 28.8 Å². The minimum atomic E-state index is -1.79. The van der Waals surface area contributed by atoms with Crippen LogP contribution in [0.1, 0.15) is 41.4 Å². The van der Waals surface area contributed by atoms with Gasteiger partial charge in [-0.05, 0) is 48.5 Å². The number of esters is 4. The summed E-state index contributed by atoms with van der Waals surface area (Å²) in [5, 5.41) is 10.9. The summed E-state index contributed by atoms with van der Waals surface area (Å²) in [5.41, 5.74) is 0.791. The normalized spacial score (nSPS) is 19.8. The molecule has 224 valence electrons. The molecule has 1 heterocycles. The quantitative estimate of drug-likeness (QED) is 0.209. The van der Waals surface area contributed by atoms with Crippen LogP contribution in [-0.4, -0.2) is 66.3 Å². The van der Waals surface area contributed by atoms with Crippen LogP contribution >= 0.6 is 0 Å². The topological polar surface area (TPSA) is 135 Å². The van der Waals surface area contributed by atoms with Gasteiger partial charge in [-0.25, -0.2) is 19.2 Å². The van der Waals surface area contributed by atoms with E-state index in [4.69, 9.17) is 23.7 Å². The second-order valence-electron chi connectivity index (χ2n) is 9.74. The highest BCUT2D eigenvalue weighted by molar-refractivity contribution is 5.91. The van der Waals surface area contributed by atoms with Crippen molar-refractivity contribution >= 4 is 23.9 Å². The van der Waals surface area contributed by atoms with E-state index in [2.05, 4.69) is 0 Å². The molecule has 4 aromatic rings. The number of carbonyl (C=O) groups is 4. The van der Waals surface area contributed by atoms with Gasteiger partial charge in [0, 0.05) is 0 Å². The highest BCUT2D eigenvalue weighted by atomic mass is 16.7. The fraction of sp³-hybridized carbons (Fsp3) is 0.176. The van der Waals surface area contributed by atoms with E-state index in [0.29, 0.717) is 0 Å². The van der Waals surface area contributed by atoms with Gasteiger partial charge in [-0.2, -0.15) is 0 Å². The van der Waals surface area contributed by atoms with Gasteiger partial charge in [0.25, 0.3) is 0 Å². The fourth-order valence-corrected chi connectivity index (χ4v) is 4.55. The molecule has 0 aliphatic carbocycles. The monoisotopic (exact) mass is 596 g/mol. The third-order valence-corrected chi connectivity index (χ3v) is 6.75. The summed E-state index contributed by atoms with van der Waals surface area (Å²) >= 11 is 0. The summed E-state index contributed by atoms with van der Waals surface area (Å²) in [6.07, 6.45) is -7.61. The molecule has 5 rings (SSSR count). The summed E-state index contributed by atoms with van der Waals surface area (Å²) in [5.74, 6) is -3.13. The Morgan fingerprint density at radius 1 is 0.568 bits per heavy atom. The molecule has 4 aromatic carbocycles. The molecule has 0 unspecified atom stereocenters. The summed E-state index contributed by atoms with van der Waals surface area (Å²) in [7, 11) is 0. The van der Waals surface area contributed by atoms with E-state index in [0.717, 1.165) is 0 Å². The molecule has 0 saturated carbocycles. The number of hydrogen-bond donors (Lipinski definition) is 1. The first-order valence-corrected chi connectivity index (χ1v) is 13.7. The Hall–Kier alpha value is -5.32. The van der Waals surface area contributed by atoms with Crippen LogP contribution in [0.2, 0.25) is 0 Å². The number of hydrogen-bond acceptors (Lipinski definition) is 10. The molecule has 10 nitrogen and oxygen atoms in total. The number of aliphatic hydroxyl groups excluding tert-OH is 1. The van der Waals surface area contributed by atoms with Crippen LogP contribution in [0, 0.1) is 0 Å². The lowest BCUT2D eigenvalue weighted by molar-refractivity contribution is -0.153. The van der Waals surface area contributed by atoms with E-state index in [1.54, 1.807) is 84.9 Å². The molecule has 0 spiro atoms. The molecule has 0 radical (unpaired) electrons. The Labute approximate surface area is 252 Å². The summed E-state index contributed by atoms with van der Waals surface area (Å²) in [6.45, 7) is -0.539. The third kappa shape index (κ3) is 7.35. The van der Waals surface area contributed by atoms with Gasteiger partial charge in [-0.15, -0.1) is 0 Å². The molecule has 1 N–H and O–H groups in total. The van der Waals surface area contributed by atoms with Gasteiger partial charge >= 0.3 is 23.9 Å². The Kier molecular flexibility index (Phi) is 9.75. The van der Waals surface area contributed by atoms with E-state index < -0.39 is 61.2 Å². The van der Waals surface area contributed by atoms with Crippen LogP contribution < -0.4 is 0 Å². The van der Waals surface area contributed by atoms with Crippen molar-refractivity contribution in [1.29, 1.82) is 0 Å². The van der Waals surface area contributed by atoms with Gasteiger partial charge in [0.05, 0.1) is 22.3 Å². The highest BCUT2D eigenvalue weighted by Crippen LogP contribution is 2.31. The summed E-state index contributed by atoms with van der Waals surface area (Å²) < 4.78 is 28.3. The van der Waals surface area contributed by atoms with Crippen LogP contribution in [-0.2, 0) is 23.7 Å². The van der Waals surface area contributed by atoms with Crippen LogP contribution in [0.5, 0.6) is 0 Å². The van der Waals surface area contributed by atoms with Crippen molar-refractivity contribution in [3.8, 4) is 0 Å². The van der Waals surface area contributed by atoms with Crippen molar-refractivity contribution in [2.24, 2.45) is 0 Å². The van der Waals surface area contributed by atoms with Crippen molar-refractivity contribution in [3.05, 3.63) is 144 Å². The van der Waals surface area contributed by atoms with Crippen LogP contribution in [0.4, 0.5) is 0 Å². The number of carbonyl (C=O) groups excluding carboxylic acids is 4. The fourth-order valence-electron chi connectivity index (χ4n) is 4.55. The molecule has 0 aromatic heterocycles. The molecular weight excluding hydrogens is 568 g/mol. The van der Waals surface area contributed by atoms with Gasteiger partial charge in [0.15, 0.2) is 24.6 Å². The van der Waals surface area contributed by atoms with Crippen LogP contribution in [0.25, 0.3) is 0 Å². The first kappa shape index (κ1) is 30.1. The first-order chi connectivity index (χ1) is 21.4. The Balaban J connectivity index is 1.45. The van der Waals surface area contributed by atoms with E-state index in [-0.39, 0.29) is 22.3 Å². The maximum Gasteiger partial charge on any atom is 0.338 e. The zero-order valence-electron chi connectivity index (χ0n) is 23.3. The second-order valence-corrected chi connectivity index (χ2v) is 9.74. The van der Waals surface area contributed by atoms with E-state index in [9.17, 15) is 24.3 Å². The zero-order valence-corrected chi connectivity index (χ0v) is 23.3. The number of benzene rings is 4. The van der Waals surface area contributed by atoms with Crippen LogP contribution in [0.3, 0.4) is 0 Å². The van der Waals surface area contributed by atoms with Crippen LogP contribution in [0.15, 0.2) is 121 Å². The van der Waals surface area contributed by atoms with E-state index >= 15 is 0 Å². The summed E-state index contributed by atoms with van der Waals surface area (Å²) in [4.78, 5) is 52.1. The first-order valence-electron chi connectivity index (χ1n) is 13.7. The minimum Gasteiger partial charge on any atom is -0.458 e. The van der Waals surface area contributed by atoms with Gasteiger partial charge in [-0.3, -0.25) is 0 Å². The number of ether oxygens (including phenoxy) is 5. The minimum absolute atomic E-state index is 0.175. The standard InChI is InChI=1S/C34H28O10/c35-30(22-13-5-1-6-14-22)40-21-26(41-31(36)23-15-7-2-8-16-23)27-28(43-32(37)24-17-9-3-10-18-24)29(34(39)42-27)44-33(38)25-19-11-4-12-20-25/h1-20,26-29,34,39H,21H2/t26-,27+,28+,29-,34-/m1/s1. The second kappa shape index (κ2) is 14.2. The predicted molar refractivity (Wildman–Crippen MR) is 155 cm³/mol. The Morgan fingerprint density at radius 3 is 1.41 bits per heavy atom. The Morgan fingerprint density at radius 2 is 0.955 bits per heavy atom. The van der Waals surface area contributed by atoms with Crippen molar-refractivity contribution in [3.63, 3.8) is 0 Å². The highest BCUT2D eigenvalue weighted by Gasteiger charge is 2.53. The van der Waals surface area contributed by atoms with Crippen molar-refractivity contribution < 1.29 is 48.0 Å².